The van der Waals surface area contributed by atoms with Crippen LogP contribution in [0.15, 0.2) is 18.3 Å². The Kier molecular flexibility index (Phi) is 4.57. The first-order valence-electron chi connectivity index (χ1n) is 8.67. The zero-order chi connectivity index (χ0) is 16.6. The molecule has 3 heterocycles. The molecule has 1 aromatic rings. The van der Waals surface area contributed by atoms with Crippen molar-refractivity contribution < 1.29 is 4.79 Å². The summed E-state index contributed by atoms with van der Waals surface area (Å²) in [5.74, 6) is 0.0740. The zero-order valence-electron chi connectivity index (χ0n) is 14.7. The Morgan fingerprint density at radius 3 is 2.70 bits per heavy atom. The van der Waals surface area contributed by atoms with Crippen molar-refractivity contribution in [2.45, 2.75) is 51.2 Å². The van der Waals surface area contributed by atoms with Gasteiger partial charge in [-0.1, -0.05) is 0 Å². The Balaban J connectivity index is 1.77. The van der Waals surface area contributed by atoms with Crippen molar-refractivity contribution in [3.8, 4) is 0 Å². The summed E-state index contributed by atoms with van der Waals surface area (Å²) in [5.41, 5.74) is 1.58. The lowest BCUT2D eigenvalue weighted by Crippen LogP contribution is -2.44. The molecule has 1 amide bonds. The second-order valence-electron chi connectivity index (χ2n) is 7.26. The molecule has 5 heteroatoms. The molecule has 2 bridgehead atoms. The smallest absolute Gasteiger partial charge is 0.272 e. The van der Waals surface area contributed by atoms with E-state index in [9.17, 15) is 4.79 Å². The quantitative estimate of drug-likeness (QED) is 0.857. The van der Waals surface area contributed by atoms with Gasteiger partial charge in [0.1, 0.15) is 5.69 Å². The Morgan fingerprint density at radius 1 is 1.26 bits per heavy atom. The van der Waals surface area contributed by atoms with Crippen LogP contribution in [0, 0.1) is 0 Å². The van der Waals surface area contributed by atoms with Gasteiger partial charge < -0.3 is 9.80 Å². The van der Waals surface area contributed by atoms with Gasteiger partial charge in [0.15, 0.2) is 0 Å². The van der Waals surface area contributed by atoms with E-state index in [-0.39, 0.29) is 5.91 Å². The second-order valence-corrected chi connectivity index (χ2v) is 7.26. The molecule has 0 aliphatic carbocycles. The molecule has 2 unspecified atom stereocenters. The maximum Gasteiger partial charge on any atom is 0.272 e. The highest BCUT2D eigenvalue weighted by Crippen LogP contribution is 2.32. The molecule has 0 radical (unpaired) electrons. The van der Waals surface area contributed by atoms with Crippen LogP contribution in [0.5, 0.6) is 0 Å². The molecule has 2 aliphatic rings. The van der Waals surface area contributed by atoms with Crippen LogP contribution in [0.25, 0.3) is 0 Å². The minimum atomic E-state index is 0.0740. The zero-order valence-corrected chi connectivity index (χ0v) is 14.7. The Morgan fingerprint density at radius 2 is 2.00 bits per heavy atom. The number of fused-ring (bicyclic) bond motifs is 2. The van der Waals surface area contributed by atoms with Crippen molar-refractivity contribution >= 4 is 11.6 Å². The van der Waals surface area contributed by atoms with Gasteiger partial charge in [0.05, 0.1) is 0 Å². The molecular formula is C18H28N4O. The number of nitrogens with zero attached hydrogens (tertiary/aromatic N) is 4. The molecule has 2 atom stereocenters. The molecule has 0 saturated carbocycles. The predicted molar refractivity (Wildman–Crippen MR) is 92.9 cm³/mol. The number of carbonyl (C=O) groups is 1. The average Bonchev–Trinajstić information content (AvgIpc) is 2.81. The molecule has 0 aromatic carbocycles. The van der Waals surface area contributed by atoms with Crippen LogP contribution in [0.1, 0.15) is 43.6 Å². The van der Waals surface area contributed by atoms with Gasteiger partial charge in [-0.15, -0.1) is 0 Å². The van der Waals surface area contributed by atoms with Gasteiger partial charge in [-0.05, 0) is 45.2 Å². The molecule has 2 saturated heterocycles. The van der Waals surface area contributed by atoms with Gasteiger partial charge in [-0.25, -0.2) is 0 Å². The van der Waals surface area contributed by atoms with Crippen LogP contribution in [-0.2, 0) is 0 Å². The Bertz CT molecular complexity index is 572. The molecule has 2 aliphatic heterocycles. The van der Waals surface area contributed by atoms with Gasteiger partial charge in [-0.3, -0.25) is 14.7 Å². The number of likely N-dealkylation sites (tertiary alicyclic amines) is 1. The van der Waals surface area contributed by atoms with Crippen LogP contribution in [0.2, 0.25) is 0 Å². The van der Waals surface area contributed by atoms with Crippen molar-refractivity contribution in [2.75, 3.05) is 32.1 Å². The van der Waals surface area contributed by atoms with Crippen molar-refractivity contribution in [1.82, 2.24) is 14.8 Å². The van der Waals surface area contributed by atoms with Crippen LogP contribution in [-0.4, -0.2) is 66.0 Å². The lowest BCUT2D eigenvalue weighted by atomic mass is 10.1. The summed E-state index contributed by atoms with van der Waals surface area (Å²) in [4.78, 5) is 23.9. The van der Waals surface area contributed by atoms with Crippen molar-refractivity contribution in [1.29, 1.82) is 0 Å². The fourth-order valence-corrected chi connectivity index (χ4v) is 4.11. The van der Waals surface area contributed by atoms with Gasteiger partial charge in [-0.2, -0.15) is 0 Å². The third kappa shape index (κ3) is 3.20. The average molecular weight is 316 g/mol. The van der Waals surface area contributed by atoms with E-state index in [0.717, 1.165) is 25.2 Å². The highest BCUT2D eigenvalue weighted by Gasteiger charge is 2.39. The maximum absolute atomic E-state index is 12.9. The summed E-state index contributed by atoms with van der Waals surface area (Å²) in [6, 6.07) is 5.52. The van der Waals surface area contributed by atoms with Gasteiger partial charge in [0, 0.05) is 57.2 Å². The predicted octanol–water partition coefficient (Wildman–Crippen LogP) is 2.23. The lowest BCUT2D eigenvalue weighted by Gasteiger charge is -2.32. The van der Waals surface area contributed by atoms with Gasteiger partial charge in [0.2, 0.25) is 0 Å². The number of anilines is 1. The van der Waals surface area contributed by atoms with Crippen LogP contribution in [0.4, 0.5) is 5.69 Å². The fourth-order valence-electron chi connectivity index (χ4n) is 4.11. The van der Waals surface area contributed by atoms with Crippen molar-refractivity contribution in [3.05, 3.63) is 24.0 Å². The molecule has 3 rings (SSSR count). The number of carbonyl (C=O) groups excluding carboxylic acids is 1. The molecule has 5 nitrogen and oxygen atoms in total. The SMILES string of the molecule is CC(C)N1C2CCC1CN(C(=O)c1cc(N(C)C)ccn1)CC2. The molecule has 126 valence electrons. The summed E-state index contributed by atoms with van der Waals surface area (Å²) in [5, 5.41) is 0. The van der Waals surface area contributed by atoms with Crippen LogP contribution < -0.4 is 4.90 Å². The van der Waals surface area contributed by atoms with E-state index in [0.29, 0.717) is 23.8 Å². The number of rotatable bonds is 3. The molecule has 2 fully saturated rings. The van der Waals surface area contributed by atoms with Gasteiger partial charge >= 0.3 is 0 Å². The van der Waals surface area contributed by atoms with E-state index >= 15 is 0 Å². The number of hydrogen-bond donors (Lipinski definition) is 0. The molecule has 0 N–H and O–H groups in total. The topological polar surface area (TPSA) is 39.7 Å². The third-order valence-corrected chi connectivity index (χ3v) is 5.20. The highest BCUT2D eigenvalue weighted by atomic mass is 16.2. The molecule has 23 heavy (non-hydrogen) atoms. The van der Waals surface area contributed by atoms with Gasteiger partial charge in [0.25, 0.3) is 5.91 Å². The van der Waals surface area contributed by atoms with E-state index < -0.39 is 0 Å². The third-order valence-electron chi connectivity index (χ3n) is 5.20. The lowest BCUT2D eigenvalue weighted by molar-refractivity contribution is 0.0722. The first kappa shape index (κ1) is 16.2. The Hall–Kier alpha value is -1.62. The normalized spacial score (nSPS) is 24.8. The summed E-state index contributed by atoms with van der Waals surface area (Å²) in [6.07, 6.45) is 5.29. The fraction of sp³-hybridized carbons (Fsp3) is 0.667. The standard InChI is InChI=1S/C18H28N4O/c1-13(2)22-14-5-6-16(22)12-21(10-8-14)18(23)17-11-15(20(3)4)7-9-19-17/h7,9,11,13-14,16H,5-6,8,10,12H2,1-4H3. The summed E-state index contributed by atoms with van der Waals surface area (Å²) in [6.45, 7) is 6.22. The number of aromatic nitrogens is 1. The number of amides is 1. The van der Waals surface area contributed by atoms with E-state index in [4.69, 9.17) is 0 Å². The minimum absolute atomic E-state index is 0.0740. The van der Waals surface area contributed by atoms with Crippen molar-refractivity contribution in [3.63, 3.8) is 0 Å². The minimum Gasteiger partial charge on any atom is -0.378 e. The monoisotopic (exact) mass is 316 g/mol. The summed E-state index contributed by atoms with van der Waals surface area (Å²) in [7, 11) is 3.96. The second kappa shape index (κ2) is 6.48. The highest BCUT2D eigenvalue weighted by molar-refractivity contribution is 5.93. The molecule has 1 aromatic heterocycles. The molecular weight excluding hydrogens is 288 g/mol. The summed E-state index contributed by atoms with van der Waals surface area (Å²) < 4.78 is 0. The first-order valence-corrected chi connectivity index (χ1v) is 8.67. The van der Waals surface area contributed by atoms with E-state index in [2.05, 4.69) is 23.7 Å². The summed E-state index contributed by atoms with van der Waals surface area (Å²) >= 11 is 0. The van der Waals surface area contributed by atoms with Crippen molar-refractivity contribution in [2.24, 2.45) is 0 Å². The van der Waals surface area contributed by atoms with E-state index in [1.807, 2.05) is 36.0 Å². The maximum atomic E-state index is 12.9. The number of pyridine rings is 1. The van der Waals surface area contributed by atoms with E-state index in [1.54, 1.807) is 6.20 Å². The van der Waals surface area contributed by atoms with Crippen LogP contribution >= 0.6 is 0 Å². The Labute approximate surface area is 139 Å². The first-order chi connectivity index (χ1) is 11.0. The molecule has 0 spiro atoms. The largest absolute Gasteiger partial charge is 0.378 e. The van der Waals surface area contributed by atoms with Crippen LogP contribution in [0.3, 0.4) is 0 Å². The van der Waals surface area contributed by atoms with E-state index in [1.165, 1.54) is 12.8 Å². The number of hydrogen-bond acceptors (Lipinski definition) is 4.